The van der Waals surface area contributed by atoms with Gasteiger partial charge in [-0.3, -0.25) is 0 Å². The Labute approximate surface area is 164 Å². The number of ether oxygens (including phenoxy) is 1. The molecule has 1 aromatic rings. The Morgan fingerprint density at radius 3 is 2.00 bits per heavy atom. The van der Waals surface area contributed by atoms with Crippen LogP contribution in [0.1, 0.15) is 25.8 Å². The number of carboxylic acid groups (broad SMARTS) is 2. The van der Waals surface area contributed by atoms with Crippen LogP contribution in [0.5, 0.6) is 5.75 Å². The minimum Gasteiger partial charge on any atom is -0.497 e. The third kappa shape index (κ3) is 7.43. The molecule has 9 nitrogen and oxygen atoms in total. The number of methoxy groups -OCH3 is 1. The van der Waals surface area contributed by atoms with E-state index < -0.39 is 29.7 Å². The van der Waals surface area contributed by atoms with Gasteiger partial charge in [0.25, 0.3) is 0 Å². The van der Waals surface area contributed by atoms with Crippen LogP contribution in [0.2, 0.25) is 0 Å². The van der Waals surface area contributed by atoms with Crippen LogP contribution in [0.15, 0.2) is 24.3 Å². The lowest BCUT2D eigenvalue weighted by atomic mass is 9.80. The molecule has 5 N–H and O–H groups in total. The van der Waals surface area contributed by atoms with Gasteiger partial charge in [0.1, 0.15) is 5.75 Å². The summed E-state index contributed by atoms with van der Waals surface area (Å²) in [5.41, 5.74) is 0.123. The Morgan fingerprint density at radius 1 is 1.14 bits per heavy atom. The van der Waals surface area contributed by atoms with Crippen LogP contribution in [0.4, 0.5) is 0 Å². The summed E-state index contributed by atoms with van der Waals surface area (Å²) in [6.45, 7) is 4.95. The van der Waals surface area contributed by atoms with Crippen molar-refractivity contribution in [2.75, 3.05) is 27.7 Å². The fourth-order valence-electron chi connectivity index (χ4n) is 2.70. The average Bonchev–Trinajstić information content (AvgIpc) is 2.65. The predicted octanol–water partition coefficient (Wildman–Crippen LogP) is 0.368. The van der Waals surface area contributed by atoms with Crippen molar-refractivity contribution in [3.8, 4) is 5.75 Å². The molecule has 0 aliphatic carbocycles. The molecule has 0 heterocycles. The van der Waals surface area contributed by atoms with E-state index in [9.17, 15) is 14.7 Å². The largest absolute Gasteiger partial charge is 0.497 e. The summed E-state index contributed by atoms with van der Waals surface area (Å²) in [4.78, 5) is 21.6. The molecule has 0 spiro atoms. The van der Waals surface area contributed by atoms with Crippen LogP contribution >= 0.6 is 0 Å². The van der Waals surface area contributed by atoms with Gasteiger partial charge in [0.2, 0.25) is 0 Å². The molecule has 28 heavy (non-hydrogen) atoms. The van der Waals surface area contributed by atoms with Gasteiger partial charge in [-0.1, -0.05) is 26.0 Å². The van der Waals surface area contributed by atoms with E-state index in [0.29, 0.717) is 6.42 Å². The van der Waals surface area contributed by atoms with Crippen LogP contribution in [0.25, 0.3) is 0 Å². The van der Waals surface area contributed by atoms with E-state index in [4.69, 9.17) is 25.2 Å². The molecule has 0 aliphatic heterocycles. The Bertz CT molecular complexity index is 618. The topological polar surface area (TPSA) is 148 Å². The van der Waals surface area contributed by atoms with Crippen molar-refractivity contribution in [3.05, 3.63) is 29.8 Å². The van der Waals surface area contributed by atoms with Gasteiger partial charge in [0.05, 0.1) is 12.7 Å². The number of hydrogen-bond acceptors (Lipinski definition) is 7. The molecule has 9 heteroatoms. The SMILES string of the molecule is CC[C@](O)(c1cccc(OC)c1)[C@H](C)CN(C)C.O=C(O)[C@@H](O)[C@H](O)C(=O)O. The van der Waals surface area contributed by atoms with Crippen LogP contribution in [0.3, 0.4) is 0 Å². The van der Waals surface area contributed by atoms with Gasteiger partial charge in [-0.05, 0) is 38.2 Å². The fraction of sp³-hybridized carbons (Fsp3) is 0.579. The summed E-state index contributed by atoms with van der Waals surface area (Å²) in [5.74, 6) is -2.59. The molecule has 1 aromatic carbocycles. The van der Waals surface area contributed by atoms with E-state index in [1.165, 1.54) is 0 Å². The highest BCUT2D eigenvalue weighted by Crippen LogP contribution is 2.34. The summed E-state index contributed by atoms with van der Waals surface area (Å²) in [6, 6.07) is 7.72. The zero-order chi connectivity index (χ0) is 22.1. The van der Waals surface area contributed by atoms with Gasteiger partial charge in [0, 0.05) is 12.5 Å². The van der Waals surface area contributed by atoms with Gasteiger partial charge < -0.3 is 35.2 Å². The number of hydrogen-bond donors (Lipinski definition) is 5. The molecule has 4 atom stereocenters. The predicted molar refractivity (Wildman–Crippen MR) is 102 cm³/mol. The van der Waals surface area contributed by atoms with E-state index >= 15 is 0 Å². The van der Waals surface area contributed by atoms with Crippen molar-refractivity contribution in [2.45, 2.75) is 38.1 Å². The molecule has 0 fully saturated rings. The zero-order valence-electron chi connectivity index (χ0n) is 16.9. The van der Waals surface area contributed by atoms with E-state index in [-0.39, 0.29) is 5.92 Å². The minimum absolute atomic E-state index is 0.157. The van der Waals surface area contributed by atoms with Gasteiger partial charge in [-0.15, -0.1) is 0 Å². The molecule has 0 bridgehead atoms. The number of nitrogens with zero attached hydrogens (tertiary/aromatic N) is 1. The maximum Gasteiger partial charge on any atom is 0.335 e. The summed E-state index contributed by atoms with van der Waals surface area (Å²) in [5, 5.41) is 43.5. The third-order valence-electron chi connectivity index (χ3n) is 4.37. The van der Waals surface area contributed by atoms with Crippen molar-refractivity contribution in [1.82, 2.24) is 4.90 Å². The van der Waals surface area contributed by atoms with E-state index in [1.807, 2.05) is 45.3 Å². The molecule has 0 aliphatic rings. The molecule has 0 saturated heterocycles. The molecule has 0 saturated carbocycles. The van der Waals surface area contributed by atoms with Gasteiger partial charge in [-0.2, -0.15) is 0 Å². The fourth-order valence-corrected chi connectivity index (χ4v) is 2.70. The minimum atomic E-state index is -2.27. The highest BCUT2D eigenvalue weighted by Gasteiger charge is 2.34. The smallest absolute Gasteiger partial charge is 0.335 e. The molecular weight excluding hydrogens is 370 g/mol. The van der Waals surface area contributed by atoms with E-state index in [1.54, 1.807) is 7.11 Å². The normalized spacial score (nSPS) is 16.2. The summed E-state index contributed by atoms with van der Waals surface area (Å²) in [6.07, 6.45) is -3.84. The lowest BCUT2D eigenvalue weighted by Gasteiger charge is -2.35. The summed E-state index contributed by atoms with van der Waals surface area (Å²) in [7, 11) is 5.70. The van der Waals surface area contributed by atoms with Crippen LogP contribution in [-0.4, -0.2) is 82.3 Å². The van der Waals surface area contributed by atoms with E-state index in [2.05, 4.69) is 11.8 Å². The van der Waals surface area contributed by atoms with Crippen molar-refractivity contribution in [2.24, 2.45) is 5.92 Å². The van der Waals surface area contributed by atoms with Crippen molar-refractivity contribution >= 4 is 11.9 Å². The first kappa shape index (κ1) is 25.8. The highest BCUT2D eigenvalue weighted by molar-refractivity contribution is 5.83. The second kappa shape index (κ2) is 11.6. The highest BCUT2D eigenvalue weighted by atomic mass is 16.5. The maximum absolute atomic E-state index is 10.9. The third-order valence-corrected chi connectivity index (χ3v) is 4.37. The van der Waals surface area contributed by atoms with Crippen molar-refractivity contribution in [3.63, 3.8) is 0 Å². The van der Waals surface area contributed by atoms with Crippen molar-refractivity contribution in [1.29, 1.82) is 0 Å². The van der Waals surface area contributed by atoms with Gasteiger partial charge in [-0.25, -0.2) is 9.59 Å². The number of aliphatic hydroxyl groups excluding tert-OH is 2. The number of benzene rings is 1. The molecule has 0 amide bonds. The van der Waals surface area contributed by atoms with Crippen LogP contribution in [0, 0.1) is 5.92 Å². The van der Waals surface area contributed by atoms with Crippen molar-refractivity contribution < 1.29 is 39.9 Å². The Balaban J connectivity index is 0.000000621. The lowest BCUT2D eigenvalue weighted by molar-refractivity contribution is -0.165. The Kier molecular flexibility index (Phi) is 10.7. The molecule has 160 valence electrons. The van der Waals surface area contributed by atoms with Gasteiger partial charge >= 0.3 is 11.9 Å². The Hall–Kier alpha value is -2.20. The first-order chi connectivity index (χ1) is 12.9. The van der Waals surface area contributed by atoms with Crippen LogP contribution in [-0.2, 0) is 15.2 Å². The summed E-state index contributed by atoms with van der Waals surface area (Å²) < 4.78 is 5.23. The molecule has 1 rings (SSSR count). The maximum atomic E-state index is 10.9. The molecule has 0 radical (unpaired) electrons. The number of aliphatic hydroxyl groups is 3. The second-order valence-electron chi connectivity index (χ2n) is 6.74. The lowest BCUT2D eigenvalue weighted by Crippen LogP contribution is -2.39. The number of rotatable bonds is 9. The second-order valence-corrected chi connectivity index (χ2v) is 6.74. The molecule has 0 aromatic heterocycles. The van der Waals surface area contributed by atoms with Crippen LogP contribution < -0.4 is 4.74 Å². The first-order valence-electron chi connectivity index (χ1n) is 8.74. The summed E-state index contributed by atoms with van der Waals surface area (Å²) >= 11 is 0. The Morgan fingerprint density at radius 2 is 1.64 bits per heavy atom. The first-order valence-corrected chi connectivity index (χ1v) is 8.74. The number of aliphatic carboxylic acids is 2. The zero-order valence-corrected chi connectivity index (χ0v) is 16.9. The molecule has 0 unspecified atom stereocenters. The quantitative estimate of drug-likeness (QED) is 0.396. The van der Waals surface area contributed by atoms with E-state index in [0.717, 1.165) is 17.9 Å². The number of carboxylic acids is 2. The monoisotopic (exact) mass is 401 g/mol. The molecular formula is C19H31NO8. The average molecular weight is 401 g/mol. The van der Waals surface area contributed by atoms with Gasteiger partial charge in [0.15, 0.2) is 12.2 Å². The number of carbonyl (C=O) groups is 2. The standard InChI is InChI=1S/C15H25NO2.C4H6O6/c1-6-15(17,12(2)11-16(3)4)13-8-7-9-14(10-13)18-5;5-1(3(7)8)2(6)4(9)10/h7-10,12,17H,6,11H2,1-5H3;1-2,5-6H,(H,7,8)(H,9,10)/t12-,15-;1-,2-/m10/s1.